The molecule has 0 aliphatic rings. The Bertz CT molecular complexity index is 860. The van der Waals surface area contributed by atoms with E-state index in [9.17, 15) is 4.39 Å². The van der Waals surface area contributed by atoms with Crippen molar-refractivity contribution >= 4 is 39.0 Å². The van der Waals surface area contributed by atoms with Gasteiger partial charge < -0.3 is 0 Å². The van der Waals surface area contributed by atoms with Gasteiger partial charge in [-0.05, 0) is 41.6 Å². The molecule has 0 saturated carbocycles. The maximum absolute atomic E-state index is 13.3. The van der Waals surface area contributed by atoms with Crippen LogP contribution < -0.4 is 10.6 Å². The maximum Gasteiger partial charge on any atom is 0.123 e. The predicted octanol–water partition coefficient (Wildman–Crippen LogP) is 5.53. The smallest absolute Gasteiger partial charge is 0.123 e. The zero-order chi connectivity index (χ0) is 17.0. The van der Waals surface area contributed by atoms with E-state index in [4.69, 9.17) is 11.8 Å². The Labute approximate surface area is 151 Å². The van der Waals surface area contributed by atoms with E-state index in [1.807, 2.05) is 30.3 Å². The fourth-order valence-electron chi connectivity index (χ4n) is 2.61. The van der Waals surface area contributed by atoms with E-state index in [2.05, 4.69) is 43.3 Å². The standard InChI is InChI=1S/C20H18FPS2/c1-2-16-8-6-7-11-20(16)22(23,18-9-4-3-5-10-18)24-19-14-12-17(21)13-15-19/h3-15H,2H2,1H3. The summed E-state index contributed by atoms with van der Waals surface area (Å²) in [5.41, 5.74) is 1.29. The van der Waals surface area contributed by atoms with Crippen LogP contribution in [0.1, 0.15) is 12.5 Å². The van der Waals surface area contributed by atoms with E-state index < -0.39 is 5.24 Å². The molecule has 3 rings (SSSR count). The highest BCUT2D eigenvalue weighted by atomic mass is 32.9. The molecule has 1 unspecified atom stereocenters. The molecule has 0 aliphatic heterocycles. The lowest BCUT2D eigenvalue weighted by Crippen LogP contribution is -2.17. The number of aryl methyl sites for hydroxylation is 1. The van der Waals surface area contributed by atoms with Gasteiger partial charge in [-0.3, -0.25) is 0 Å². The summed E-state index contributed by atoms with van der Waals surface area (Å²) in [6.45, 7) is 2.16. The molecular weight excluding hydrogens is 354 g/mol. The largest absolute Gasteiger partial charge is 0.207 e. The molecule has 3 aromatic rings. The molecule has 0 amide bonds. The van der Waals surface area contributed by atoms with Crippen molar-refractivity contribution in [1.82, 2.24) is 0 Å². The summed E-state index contributed by atoms with van der Waals surface area (Å²) in [6.07, 6.45) is 0.950. The van der Waals surface area contributed by atoms with Crippen molar-refractivity contribution < 1.29 is 4.39 Å². The molecule has 3 aromatic carbocycles. The average molecular weight is 372 g/mol. The molecule has 0 radical (unpaired) electrons. The molecule has 0 heterocycles. The monoisotopic (exact) mass is 372 g/mol. The second-order valence-electron chi connectivity index (χ2n) is 5.41. The second-order valence-corrected chi connectivity index (χ2v) is 12.7. The quantitative estimate of drug-likeness (QED) is 0.541. The lowest BCUT2D eigenvalue weighted by molar-refractivity contribution is 0.626. The molecule has 0 nitrogen and oxygen atoms in total. The average Bonchev–Trinajstić information content (AvgIpc) is 2.64. The number of benzene rings is 3. The second kappa shape index (κ2) is 7.65. The van der Waals surface area contributed by atoms with Gasteiger partial charge in [-0.25, -0.2) is 4.39 Å². The molecular formula is C20H18FPS2. The first kappa shape index (κ1) is 17.4. The van der Waals surface area contributed by atoms with Gasteiger partial charge in [0.25, 0.3) is 0 Å². The first-order valence-electron chi connectivity index (χ1n) is 7.83. The van der Waals surface area contributed by atoms with Gasteiger partial charge in [-0.1, -0.05) is 84.7 Å². The van der Waals surface area contributed by atoms with Crippen LogP contribution >= 0.6 is 16.6 Å². The molecule has 0 spiro atoms. The van der Waals surface area contributed by atoms with Gasteiger partial charge in [-0.2, -0.15) is 0 Å². The van der Waals surface area contributed by atoms with Crippen LogP contribution in [0.5, 0.6) is 0 Å². The van der Waals surface area contributed by atoms with Crippen LogP contribution in [0.3, 0.4) is 0 Å². The lowest BCUT2D eigenvalue weighted by atomic mass is 10.2. The summed E-state index contributed by atoms with van der Waals surface area (Å²) in [4.78, 5) is 1.01. The molecule has 122 valence electrons. The number of hydrogen-bond acceptors (Lipinski definition) is 2. The highest BCUT2D eigenvalue weighted by Gasteiger charge is 2.26. The van der Waals surface area contributed by atoms with E-state index in [0.717, 1.165) is 11.3 Å². The van der Waals surface area contributed by atoms with Crippen molar-refractivity contribution in [1.29, 1.82) is 0 Å². The molecule has 0 aliphatic carbocycles. The van der Waals surface area contributed by atoms with Crippen molar-refractivity contribution in [2.24, 2.45) is 0 Å². The Balaban J connectivity index is 2.14. The predicted molar refractivity (Wildman–Crippen MR) is 108 cm³/mol. The summed E-state index contributed by atoms with van der Waals surface area (Å²) in [5, 5.41) is 0.327. The third kappa shape index (κ3) is 3.64. The van der Waals surface area contributed by atoms with Gasteiger partial charge in [0.15, 0.2) is 0 Å². The van der Waals surface area contributed by atoms with Crippen LogP contribution in [0, 0.1) is 5.82 Å². The van der Waals surface area contributed by atoms with Crippen molar-refractivity contribution in [3.05, 3.63) is 90.2 Å². The number of halogens is 1. The van der Waals surface area contributed by atoms with Crippen molar-refractivity contribution in [2.75, 3.05) is 0 Å². The van der Waals surface area contributed by atoms with Gasteiger partial charge in [0.2, 0.25) is 0 Å². The van der Waals surface area contributed by atoms with Crippen LogP contribution in [0.25, 0.3) is 0 Å². The summed E-state index contributed by atoms with van der Waals surface area (Å²) in [5.74, 6) is -0.221. The molecule has 0 fully saturated rings. The zero-order valence-electron chi connectivity index (χ0n) is 13.4. The Kier molecular flexibility index (Phi) is 5.55. The van der Waals surface area contributed by atoms with Gasteiger partial charge in [0, 0.05) is 10.2 Å². The first-order chi connectivity index (χ1) is 11.6. The van der Waals surface area contributed by atoms with Crippen LogP contribution in [0.2, 0.25) is 0 Å². The number of hydrogen-bond donors (Lipinski definition) is 0. The van der Waals surface area contributed by atoms with E-state index in [1.54, 1.807) is 11.4 Å². The van der Waals surface area contributed by atoms with Gasteiger partial charge in [0.05, 0.1) is 5.24 Å². The summed E-state index contributed by atoms with van der Waals surface area (Å²) >= 11 is 7.98. The van der Waals surface area contributed by atoms with Crippen LogP contribution in [-0.2, 0) is 18.2 Å². The minimum absolute atomic E-state index is 0.221. The fourth-order valence-corrected chi connectivity index (χ4v) is 9.54. The topological polar surface area (TPSA) is 0 Å². The Morgan fingerprint density at radius 1 is 0.875 bits per heavy atom. The van der Waals surface area contributed by atoms with Crippen molar-refractivity contribution in [3.63, 3.8) is 0 Å². The van der Waals surface area contributed by atoms with E-state index in [1.165, 1.54) is 28.3 Å². The summed E-state index contributed by atoms with van der Waals surface area (Å²) in [6, 6.07) is 25.4. The third-order valence-corrected chi connectivity index (χ3v) is 11.1. The SMILES string of the molecule is CCc1ccccc1P(=S)(Sc1ccc(F)cc1)c1ccccc1. The molecule has 4 heteroatoms. The van der Waals surface area contributed by atoms with Gasteiger partial charge in [-0.15, -0.1) is 0 Å². The summed E-state index contributed by atoms with van der Waals surface area (Å²) in [7, 11) is 0. The molecule has 0 bridgehead atoms. The normalized spacial score (nSPS) is 13.4. The molecule has 1 atom stereocenters. The van der Waals surface area contributed by atoms with Crippen LogP contribution in [0.15, 0.2) is 83.8 Å². The minimum Gasteiger partial charge on any atom is -0.207 e. The molecule has 0 saturated heterocycles. The summed E-state index contributed by atoms with van der Waals surface area (Å²) < 4.78 is 13.3. The molecule has 0 aromatic heterocycles. The minimum atomic E-state index is -2.09. The highest BCUT2D eigenvalue weighted by Crippen LogP contribution is 2.60. The zero-order valence-corrected chi connectivity index (χ0v) is 15.9. The maximum atomic E-state index is 13.3. The molecule has 0 N–H and O–H groups in total. The molecule has 24 heavy (non-hydrogen) atoms. The van der Waals surface area contributed by atoms with Crippen LogP contribution in [-0.4, -0.2) is 0 Å². The first-order valence-corrected chi connectivity index (χ1v) is 12.0. The number of rotatable bonds is 5. The fraction of sp³-hybridized carbons (Fsp3) is 0.100. The Morgan fingerprint density at radius 2 is 1.50 bits per heavy atom. The Hall–Kier alpha value is -1.41. The van der Waals surface area contributed by atoms with E-state index in [-0.39, 0.29) is 5.82 Å². The van der Waals surface area contributed by atoms with Crippen molar-refractivity contribution in [2.45, 2.75) is 18.2 Å². The van der Waals surface area contributed by atoms with Gasteiger partial charge >= 0.3 is 0 Å². The lowest BCUT2D eigenvalue weighted by Gasteiger charge is -2.25. The third-order valence-electron chi connectivity index (χ3n) is 3.83. The highest BCUT2D eigenvalue weighted by molar-refractivity contribution is 8.75. The Morgan fingerprint density at radius 3 is 2.17 bits per heavy atom. The van der Waals surface area contributed by atoms with Crippen molar-refractivity contribution in [3.8, 4) is 0 Å². The van der Waals surface area contributed by atoms with Crippen LogP contribution in [0.4, 0.5) is 4.39 Å². The van der Waals surface area contributed by atoms with Gasteiger partial charge in [0.1, 0.15) is 5.82 Å². The van der Waals surface area contributed by atoms with E-state index in [0.29, 0.717) is 0 Å². The van der Waals surface area contributed by atoms with E-state index >= 15 is 0 Å².